The van der Waals surface area contributed by atoms with Crippen molar-refractivity contribution in [1.82, 2.24) is 10.3 Å². The van der Waals surface area contributed by atoms with E-state index >= 15 is 0 Å². The van der Waals surface area contributed by atoms with Gasteiger partial charge in [-0.15, -0.1) is 23.1 Å². The Morgan fingerprint density at radius 3 is 2.48 bits per heavy atom. The van der Waals surface area contributed by atoms with Crippen molar-refractivity contribution in [2.45, 2.75) is 17.1 Å². The number of nitro groups is 1. The van der Waals surface area contributed by atoms with Crippen LogP contribution in [0.4, 0.5) is 16.5 Å². The lowest BCUT2D eigenvalue weighted by Crippen LogP contribution is -2.30. The van der Waals surface area contributed by atoms with Crippen LogP contribution in [0.3, 0.4) is 0 Å². The molecule has 1 heterocycles. The highest BCUT2D eigenvalue weighted by Crippen LogP contribution is 2.30. The van der Waals surface area contributed by atoms with Crippen LogP contribution in [0.25, 0.3) is 17.3 Å². The Kier molecular flexibility index (Phi) is 11.0. The van der Waals surface area contributed by atoms with Gasteiger partial charge in [0.2, 0.25) is 5.91 Å². The van der Waals surface area contributed by atoms with Crippen molar-refractivity contribution >= 4 is 63.4 Å². The number of aromatic nitrogens is 1. The van der Waals surface area contributed by atoms with Crippen molar-refractivity contribution in [2.24, 2.45) is 0 Å². The summed E-state index contributed by atoms with van der Waals surface area (Å²) in [6, 6.07) is 28.8. The summed E-state index contributed by atoms with van der Waals surface area (Å²) in [6.07, 6.45) is 1.56. The van der Waals surface area contributed by atoms with Crippen LogP contribution in [0.15, 0.2) is 119 Å². The van der Waals surface area contributed by atoms with Gasteiger partial charge in [-0.2, -0.15) is 0 Å². The van der Waals surface area contributed by atoms with Crippen LogP contribution in [0, 0.1) is 10.1 Å². The second kappa shape index (κ2) is 15.7. The van der Waals surface area contributed by atoms with Crippen molar-refractivity contribution in [2.75, 3.05) is 17.7 Å². The molecule has 11 nitrogen and oxygen atoms in total. The molecule has 0 spiro atoms. The number of nitrogens with one attached hydrogen (secondary N) is 3. The van der Waals surface area contributed by atoms with Gasteiger partial charge < -0.3 is 20.7 Å². The van der Waals surface area contributed by atoms with Gasteiger partial charge in [-0.1, -0.05) is 48.5 Å². The highest BCUT2D eigenvalue weighted by atomic mass is 32.2. The number of non-ortho nitro benzene ring substituents is 1. The van der Waals surface area contributed by atoms with E-state index in [1.165, 1.54) is 35.2 Å². The minimum atomic E-state index is -0.543. The number of thioether (sulfide) groups is 1. The Morgan fingerprint density at radius 2 is 1.71 bits per heavy atom. The summed E-state index contributed by atoms with van der Waals surface area (Å²) in [5.41, 5.74) is 2.57. The highest BCUT2D eigenvalue weighted by Gasteiger charge is 2.19. The van der Waals surface area contributed by atoms with Crippen molar-refractivity contribution in [3.63, 3.8) is 0 Å². The molecule has 1 atom stereocenters. The quantitative estimate of drug-likeness (QED) is 0.0539. The molecule has 0 aliphatic carbocycles. The molecule has 3 N–H and O–H groups in total. The number of anilines is 2. The second-order valence-electron chi connectivity index (χ2n) is 10.2. The van der Waals surface area contributed by atoms with Crippen LogP contribution in [-0.2, 0) is 9.59 Å². The predicted molar refractivity (Wildman–Crippen MR) is 188 cm³/mol. The number of carbonyl (C=O) groups excluding carboxylic acids is 3. The lowest BCUT2D eigenvalue weighted by Gasteiger charge is -2.14. The first kappa shape index (κ1) is 33.6. The maximum Gasteiger partial charge on any atom is 0.272 e. The van der Waals surface area contributed by atoms with Crippen LogP contribution in [0.5, 0.6) is 5.75 Å². The SMILES string of the molecule is COc1cccc(/C=C(\NC(=O)c2ccccc2)C(=O)Nc2cccc(SC(C)C(=O)Nc3nc(-c4cccc([N+](=O)[O-])c4)cs3)c2)c1. The van der Waals surface area contributed by atoms with Crippen LogP contribution in [-0.4, -0.2) is 40.0 Å². The summed E-state index contributed by atoms with van der Waals surface area (Å²) in [5.74, 6) is -0.681. The van der Waals surface area contributed by atoms with E-state index in [9.17, 15) is 24.5 Å². The number of methoxy groups -OCH3 is 1. The molecule has 3 amide bonds. The predicted octanol–water partition coefficient (Wildman–Crippen LogP) is 7.26. The zero-order valence-corrected chi connectivity index (χ0v) is 27.3. The van der Waals surface area contributed by atoms with E-state index in [2.05, 4.69) is 20.9 Å². The van der Waals surface area contributed by atoms with E-state index in [0.717, 1.165) is 4.90 Å². The highest BCUT2D eigenvalue weighted by molar-refractivity contribution is 8.00. The number of amides is 3. The number of hydrogen-bond donors (Lipinski definition) is 3. The first-order valence-electron chi connectivity index (χ1n) is 14.5. The van der Waals surface area contributed by atoms with E-state index in [1.807, 2.05) is 6.07 Å². The lowest BCUT2D eigenvalue weighted by atomic mass is 10.1. The first-order chi connectivity index (χ1) is 23.2. The lowest BCUT2D eigenvalue weighted by molar-refractivity contribution is -0.384. The van der Waals surface area contributed by atoms with E-state index in [1.54, 1.807) is 110 Å². The summed E-state index contributed by atoms with van der Waals surface area (Å²) in [4.78, 5) is 55.3. The molecule has 242 valence electrons. The van der Waals surface area contributed by atoms with Crippen molar-refractivity contribution in [3.05, 3.63) is 135 Å². The molecule has 0 saturated heterocycles. The van der Waals surface area contributed by atoms with E-state index in [4.69, 9.17) is 4.74 Å². The van der Waals surface area contributed by atoms with Crippen molar-refractivity contribution < 1.29 is 24.0 Å². The number of rotatable bonds is 12. The molecular weight excluding hydrogens is 651 g/mol. The van der Waals surface area contributed by atoms with E-state index in [-0.39, 0.29) is 17.3 Å². The average molecular weight is 680 g/mol. The van der Waals surface area contributed by atoms with Gasteiger partial charge in [0.05, 0.1) is 23.0 Å². The van der Waals surface area contributed by atoms with Crippen molar-refractivity contribution in [3.8, 4) is 17.0 Å². The Morgan fingerprint density at radius 1 is 0.938 bits per heavy atom. The maximum atomic E-state index is 13.5. The largest absolute Gasteiger partial charge is 0.497 e. The number of nitro benzene ring substituents is 1. The van der Waals surface area contributed by atoms with Crippen LogP contribution < -0.4 is 20.7 Å². The smallest absolute Gasteiger partial charge is 0.272 e. The number of carbonyl (C=O) groups is 3. The number of thiazole rings is 1. The molecule has 0 saturated carbocycles. The Balaban J connectivity index is 1.26. The molecule has 0 aliphatic heterocycles. The second-order valence-corrected chi connectivity index (χ2v) is 12.5. The summed E-state index contributed by atoms with van der Waals surface area (Å²) >= 11 is 2.50. The van der Waals surface area contributed by atoms with E-state index < -0.39 is 22.0 Å². The van der Waals surface area contributed by atoms with Crippen LogP contribution in [0.1, 0.15) is 22.8 Å². The third-order valence-electron chi connectivity index (χ3n) is 6.79. The fourth-order valence-electron chi connectivity index (χ4n) is 4.39. The molecule has 0 aliphatic rings. The normalized spacial score (nSPS) is 11.7. The molecule has 5 rings (SSSR count). The van der Waals surface area contributed by atoms with Crippen molar-refractivity contribution in [1.29, 1.82) is 0 Å². The fraction of sp³-hybridized carbons (Fsp3) is 0.0857. The van der Waals surface area contributed by atoms with Gasteiger partial charge in [-0.05, 0) is 61.0 Å². The molecule has 0 bridgehead atoms. The van der Waals surface area contributed by atoms with E-state index in [0.29, 0.717) is 39.0 Å². The summed E-state index contributed by atoms with van der Waals surface area (Å²) in [5, 5.41) is 21.0. The topological polar surface area (TPSA) is 153 Å². The summed E-state index contributed by atoms with van der Waals surface area (Å²) < 4.78 is 5.30. The third kappa shape index (κ3) is 8.93. The molecule has 5 aromatic rings. The van der Waals surface area contributed by atoms with Gasteiger partial charge in [-0.25, -0.2) is 4.98 Å². The molecule has 13 heteroatoms. The summed E-state index contributed by atoms with van der Waals surface area (Å²) in [7, 11) is 1.54. The Labute approximate surface area is 284 Å². The van der Waals surface area contributed by atoms with Gasteiger partial charge in [0.25, 0.3) is 17.5 Å². The molecule has 1 aromatic heterocycles. The summed E-state index contributed by atoms with van der Waals surface area (Å²) in [6.45, 7) is 1.74. The zero-order chi connectivity index (χ0) is 34.0. The number of benzene rings is 4. The minimum Gasteiger partial charge on any atom is -0.497 e. The maximum absolute atomic E-state index is 13.5. The Hall–Kier alpha value is -5.79. The number of nitrogens with zero attached hydrogens (tertiary/aromatic N) is 2. The van der Waals surface area contributed by atoms with Gasteiger partial charge >= 0.3 is 0 Å². The first-order valence-corrected chi connectivity index (χ1v) is 16.3. The standard InChI is InChI=1S/C35H29N5O6S2/c1-22(32(41)39-35-38-31(21-47-35)25-12-7-14-27(19-25)40(44)45)48-29-16-8-13-26(20-29)36-34(43)30(18-23-9-6-15-28(17-23)46-2)37-33(42)24-10-4-3-5-11-24/h3-22H,1-2H3,(H,36,43)(H,37,42)(H,38,39,41)/b30-18-. The van der Waals surface area contributed by atoms with Gasteiger partial charge in [0.1, 0.15) is 11.4 Å². The van der Waals surface area contributed by atoms with Crippen LogP contribution >= 0.6 is 23.1 Å². The van der Waals surface area contributed by atoms with Gasteiger partial charge in [0, 0.05) is 39.2 Å². The monoisotopic (exact) mass is 679 g/mol. The number of hydrogen-bond acceptors (Lipinski definition) is 9. The van der Waals surface area contributed by atoms with Gasteiger partial charge in [0.15, 0.2) is 5.13 Å². The average Bonchev–Trinajstić information content (AvgIpc) is 3.57. The number of ether oxygens (including phenoxy) is 1. The zero-order valence-electron chi connectivity index (χ0n) is 25.7. The molecule has 1 unspecified atom stereocenters. The van der Waals surface area contributed by atoms with Crippen LogP contribution in [0.2, 0.25) is 0 Å². The minimum absolute atomic E-state index is 0.0239. The molecular formula is C35H29N5O6S2. The molecule has 4 aromatic carbocycles. The molecule has 0 fully saturated rings. The Bertz CT molecular complexity index is 2000. The fourth-order valence-corrected chi connectivity index (χ4v) is 6.04. The van der Waals surface area contributed by atoms with Gasteiger partial charge in [-0.3, -0.25) is 24.5 Å². The third-order valence-corrected chi connectivity index (χ3v) is 8.65. The molecule has 0 radical (unpaired) electrons. The molecule has 48 heavy (non-hydrogen) atoms.